The third-order valence-corrected chi connectivity index (χ3v) is 3.53. The zero-order chi connectivity index (χ0) is 15.5. The van der Waals surface area contributed by atoms with Crippen molar-refractivity contribution in [1.29, 1.82) is 0 Å². The normalized spacial score (nSPS) is 21.1. The van der Waals surface area contributed by atoms with Crippen LogP contribution >= 0.6 is 12.2 Å². The number of hydrazine groups is 1. The summed E-state index contributed by atoms with van der Waals surface area (Å²) in [6.07, 6.45) is 0.893. The number of thiocarbonyl (C=S) groups is 1. The Labute approximate surface area is 128 Å². The number of benzene rings is 1. The first-order chi connectivity index (χ1) is 9.99. The van der Waals surface area contributed by atoms with Crippen LogP contribution in [0, 0.1) is 0 Å². The summed E-state index contributed by atoms with van der Waals surface area (Å²) in [5, 5.41) is 6.77. The van der Waals surface area contributed by atoms with E-state index in [0.717, 1.165) is 17.0 Å². The molecule has 1 heterocycles. The SMILES string of the molecule is CCCNC(=S)NN1C(=O)N[C@](C)(c2ccccc2)C1=O. The Balaban J connectivity index is 2.15. The third kappa shape index (κ3) is 2.97. The molecule has 3 N–H and O–H groups in total. The molecule has 1 aliphatic rings. The van der Waals surface area contributed by atoms with Crippen molar-refractivity contribution < 1.29 is 9.59 Å². The van der Waals surface area contributed by atoms with Crippen LogP contribution in [0.3, 0.4) is 0 Å². The van der Waals surface area contributed by atoms with Crippen LogP contribution in [0.4, 0.5) is 4.79 Å². The summed E-state index contributed by atoms with van der Waals surface area (Å²) in [5.41, 5.74) is 2.26. The molecular formula is C14H18N4O2S. The van der Waals surface area contributed by atoms with Crippen LogP contribution in [0.1, 0.15) is 25.8 Å². The van der Waals surface area contributed by atoms with Crippen molar-refractivity contribution in [2.75, 3.05) is 6.54 Å². The van der Waals surface area contributed by atoms with Crippen molar-refractivity contribution in [1.82, 2.24) is 21.1 Å². The lowest BCUT2D eigenvalue weighted by atomic mass is 9.92. The van der Waals surface area contributed by atoms with Crippen molar-refractivity contribution in [2.24, 2.45) is 0 Å². The van der Waals surface area contributed by atoms with Crippen molar-refractivity contribution >= 4 is 29.3 Å². The van der Waals surface area contributed by atoms with Crippen LogP contribution in [-0.4, -0.2) is 28.6 Å². The summed E-state index contributed by atoms with van der Waals surface area (Å²) < 4.78 is 0. The van der Waals surface area contributed by atoms with E-state index < -0.39 is 11.6 Å². The fraction of sp³-hybridized carbons (Fsp3) is 0.357. The van der Waals surface area contributed by atoms with Gasteiger partial charge in [0.25, 0.3) is 5.91 Å². The number of hydrogen-bond donors (Lipinski definition) is 3. The molecule has 3 amide bonds. The number of amides is 3. The quantitative estimate of drug-likeness (QED) is 0.576. The number of hydrogen-bond acceptors (Lipinski definition) is 3. The molecule has 112 valence electrons. The fourth-order valence-electron chi connectivity index (χ4n) is 2.09. The van der Waals surface area contributed by atoms with Gasteiger partial charge in [-0.15, -0.1) is 0 Å². The maximum atomic E-state index is 12.5. The minimum atomic E-state index is -1.09. The molecular weight excluding hydrogens is 288 g/mol. The number of nitrogens with one attached hydrogen (secondary N) is 3. The third-order valence-electron chi connectivity index (χ3n) is 3.29. The minimum Gasteiger partial charge on any atom is -0.361 e. The Bertz CT molecular complexity index is 563. The van der Waals surface area contributed by atoms with E-state index in [0.29, 0.717) is 6.54 Å². The predicted octanol–water partition coefficient (Wildman–Crippen LogP) is 1.24. The highest BCUT2D eigenvalue weighted by atomic mass is 32.1. The molecule has 1 atom stereocenters. The Morgan fingerprint density at radius 2 is 2.00 bits per heavy atom. The number of carbonyl (C=O) groups excluding carboxylic acids is 2. The smallest absolute Gasteiger partial charge is 0.344 e. The molecule has 1 saturated heterocycles. The van der Waals surface area contributed by atoms with Gasteiger partial charge < -0.3 is 10.6 Å². The predicted molar refractivity (Wildman–Crippen MR) is 83.2 cm³/mol. The molecule has 6 nitrogen and oxygen atoms in total. The second-order valence-electron chi connectivity index (χ2n) is 4.93. The largest absolute Gasteiger partial charge is 0.361 e. The van der Waals surface area contributed by atoms with Crippen LogP contribution < -0.4 is 16.1 Å². The van der Waals surface area contributed by atoms with Gasteiger partial charge >= 0.3 is 6.03 Å². The molecule has 0 radical (unpaired) electrons. The highest BCUT2D eigenvalue weighted by Gasteiger charge is 2.49. The second-order valence-corrected chi connectivity index (χ2v) is 5.34. The number of urea groups is 1. The summed E-state index contributed by atoms with van der Waals surface area (Å²) in [4.78, 5) is 24.6. The topological polar surface area (TPSA) is 73.5 Å². The maximum absolute atomic E-state index is 12.5. The van der Waals surface area contributed by atoms with Crippen molar-refractivity contribution in [3.05, 3.63) is 35.9 Å². The molecule has 1 aromatic rings. The highest BCUT2D eigenvalue weighted by Crippen LogP contribution is 2.27. The molecule has 0 unspecified atom stereocenters. The van der Waals surface area contributed by atoms with Crippen molar-refractivity contribution in [3.63, 3.8) is 0 Å². The fourth-order valence-corrected chi connectivity index (χ4v) is 2.28. The van der Waals surface area contributed by atoms with E-state index in [4.69, 9.17) is 12.2 Å². The van der Waals surface area contributed by atoms with Gasteiger partial charge in [-0.25, -0.2) is 4.79 Å². The molecule has 21 heavy (non-hydrogen) atoms. The average molecular weight is 306 g/mol. The summed E-state index contributed by atoms with van der Waals surface area (Å²) in [7, 11) is 0. The van der Waals surface area contributed by atoms with Gasteiger partial charge in [0.05, 0.1) is 0 Å². The van der Waals surface area contributed by atoms with Crippen molar-refractivity contribution in [3.8, 4) is 0 Å². The van der Waals surface area contributed by atoms with Gasteiger partial charge in [0.15, 0.2) is 5.11 Å². The van der Waals surface area contributed by atoms with Crippen LogP contribution in [0.15, 0.2) is 30.3 Å². The molecule has 1 fully saturated rings. The van der Waals surface area contributed by atoms with E-state index in [1.54, 1.807) is 19.1 Å². The van der Waals surface area contributed by atoms with Crippen LogP contribution in [-0.2, 0) is 10.3 Å². The van der Waals surface area contributed by atoms with Gasteiger partial charge in [0, 0.05) is 6.54 Å². The average Bonchev–Trinajstić information content (AvgIpc) is 2.70. The summed E-state index contributed by atoms with van der Waals surface area (Å²) in [5.74, 6) is -0.389. The van der Waals surface area contributed by atoms with Crippen LogP contribution in [0.25, 0.3) is 0 Å². The Kier molecular flexibility index (Phi) is 4.42. The van der Waals surface area contributed by atoms with Gasteiger partial charge in [-0.2, -0.15) is 5.01 Å². The molecule has 0 spiro atoms. The van der Waals surface area contributed by atoms with E-state index in [9.17, 15) is 9.59 Å². The molecule has 7 heteroatoms. The number of carbonyl (C=O) groups is 2. The zero-order valence-electron chi connectivity index (χ0n) is 12.0. The number of imide groups is 1. The van der Waals surface area contributed by atoms with E-state index in [-0.39, 0.29) is 11.0 Å². The molecule has 0 aliphatic carbocycles. The molecule has 0 saturated carbocycles. The summed E-state index contributed by atoms with van der Waals surface area (Å²) in [6.45, 7) is 4.34. The maximum Gasteiger partial charge on any atom is 0.344 e. The molecule has 1 aromatic carbocycles. The van der Waals surface area contributed by atoms with E-state index in [1.807, 2.05) is 25.1 Å². The van der Waals surface area contributed by atoms with E-state index in [1.165, 1.54) is 0 Å². The second kappa shape index (κ2) is 6.09. The molecule has 0 aromatic heterocycles. The first-order valence-corrected chi connectivity index (χ1v) is 7.16. The Hall–Kier alpha value is -2.15. The molecule has 1 aliphatic heterocycles. The van der Waals surface area contributed by atoms with Gasteiger partial charge in [-0.05, 0) is 31.1 Å². The Morgan fingerprint density at radius 1 is 1.33 bits per heavy atom. The lowest BCUT2D eigenvalue weighted by Gasteiger charge is -2.22. The van der Waals surface area contributed by atoms with Crippen molar-refractivity contribution in [2.45, 2.75) is 25.8 Å². The highest BCUT2D eigenvalue weighted by molar-refractivity contribution is 7.80. The van der Waals surface area contributed by atoms with Crippen LogP contribution in [0.5, 0.6) is 0 Å². The standard InChI is InChI=1S/C14H18N4O2S/c1-3-9-15-12(21)17-18-11(19)14(2,16-13(18)20)10-7-5-4-6-8-10/h4-8H,3,9H2,1-2H3,(H,16,20)(H2,15,17,21)/t14-/m1/s1. The summed E-state index contributed by atoms with van der Waals surface area (Å²) in [6, 6.07) is 8.58. The number of nitrogens with zero attached hydrogens (tertiary/aromatic N) is 1. The van der Waals surface area contributed by atoms with Gasteiger partial charge in [0.2, 0.25) is 0 Å². The van der Waals surface area contributed by atoms with E-state index in [2.05, 4.69) is 16.1 Å². The van der Waals surface area contributed by atoms with Gasteiger partial charge in [-0.1, -0.05) is 37.3 Å². The lowest BCUT2D eigenvalue weighted by molar-refractivity contribution is -0.132. The van der Waals surface area contributed by atoms with Gasteiger partial charge in [-0.3, -0.25) is 10.2 Å². The summed E-state index contributed by atoms with van der Waals surface area (Å²) >= 11 is 5.06. The first-order valence-electron chi connectivity index (χ1n) is 6.75. The Morgan fingerprint density at radius 3 is 2.62 bits per heavy atom. The van der Waals surface area contributed by atoms with E-state index >= 15 is 0 Å². The van der Waals surface area contributed by atoms with Crippen LogP contribution in [0.2, 0.25) is 0 Å². The molecule has 0 bridgehead atoms. The monoisotopic (exact) mass is 306 g/mol. The molecule has 2 rings (SSSR count). The lowest BCUT2D eigenvalue weighted by Crippen LogP contribution is -2.51. The minimum absolute atomic E-state index is 0.248. The number of rotatable bonds is 4. The first kappa shape index (κ1) is 15.2. The zero-order valence-corrected chi connectivity index (χ0v) is 12.8. The van der Waals surface area contributed by atoms with Gasteiger partial charge in [0.1, 0.15) is 5.54 Å².